The van der Waals surface area contributed by atoms with E-state index in [1.54, 1.807) is 0 Å². The van der Waals surface area contributed by atoms with Crippen LogP contribution >= 0.6 is 11.8 Å². The molecule has 1 aliphatic rings. The summed E-state index contributed by atoms with van der Waals surface area (Å²) >= 11 is 1.99. The van der Waals surface area contributed by atoms with Crippen LogP contribution in [0.3, 0.4) is 0 Å². The molecule has 1 heterocycles. The number of hydrogen-bond donors (Lipinski definition) is 0. The van der Waals surface area contributed by atoms with Gasteiger partial charge in [-0.3, -0.25) is 0 Å². The molecule has 0 fully saturated rings. The largest absolute Gasteiger partial charge is 0.157 e. The molecule has 1 heteroatoms. The van der Waals surface area contributed by atoms with Crippen molar-refractivity contribution in [3.05, 3.63) is 24.3 Å². The third-order valence-corrected chi connectivity index (χ3v) is 2.16. The molecule has 8 heavy (non-hydrogen) atoms. The molecule has 0 nitrogen and oxygen atoms in total. The van der Waals surface area contributed by atoms with Crippen LogP contribution < -0.4 is 0 Å². The van der Waals surface area contributed by atoms with Crippen LogP contribution in [0.1, 0.15) is 6.42 Å². The van der Waals surface area contributed by atoms with Gasteiger partial charge in [0.25, 0.3) is 0 Å². The molecule has 1 rings (SSSR count). The van der Waals surface area contributed by atoms with Crippen LogP contribution in [-0.4, -0.2) is 11.5 Å². The van der Waals surface area contributed by atoms with Crippen molar-refractivity contribution in [3.63, 3.8) is 0 Å². The lowest BCUT2D eigenvalue weighted by Gasteiger charge is -2.06. The van der Waals surface area contributed by atoms with Crippen molar-refractivity contribution in [1.82, 2.24) is 0 Å². The quantitative estimate of drug-likeness (QED) is 0.519. The zero-order valence-electron chi connectivity index (χ0n) is 4.89. The molecule has 0 saturated carbocycles. The average Bonchev–Trinajstić information content (AvgIpc) is 1.90. The number of allylic oxidation sites excluding steroid dienone is 2. The number of thioether (sulfide) groups is 1. The van der Waals surface area contributed by atoms with Crippen molar-refractivity contribution < 1.29 is 0 Å². The second-order valence-electron chi connectivity index (χ2n) is 1.81. The maximum atomic E-state index is 3.71. The van der Waals surface area contributed by atoms with Crippen LogP contribution in [-0.2, 0) is 0 Å². The van der Waals surface area contributed by atoms with Gasteiger partial charge in [-0.05, 0) is 12.2 Å². The van der Waals surface area contributed by atoms with E-state index in [0.717, 1.165) is 0 Å². The van der Waals surface area contributed by atoms with Crippen molar-refractivity contribution >= 4 is 11.8 Å². The van der Waals surface area contributed by atoms with E-state index in [1.165, 1.54) is 23.5 Å². The molecular formula is C7H10S. The molecule has 0 aromatic carbocycles. The van der Waals surface area contributed by atoms with E-state index in [1.807, 2.05) is 17.8 Å². The summed E-state index contributed by atoms with van der Waals surface area (Å²) in [5.41, 5.74) is 1.42. The molecule has 0 N–H and O–H groups in total. The van der Waals surface area contributed by atoms with Crippen molar-refractivity contribution in [2.45, 2.75) is 6.42 Å². The zero-order chi connectivity index (χ0) is 5.82. The molecule has 0 aromatic rings. The third kappa shape index (κ3) is 1.41. The van der Waals surface area contributed by atoms with E-state index in [0.29, 0.717) is 0 Å². The second kappa shape index (κ2) is 2.98. The highest BCUT2D eigenvalue weighted by molar-refractivity contribution is 7.99. The smallest absolute Gasteiger partial charge is 0.0119 e. The molecule has 0 saturated heterocycles. The van der Waals surface area contributed by atoms with Gasteiger partial charge in [-0.1, -0.05) is 24.3 Å². The minimum absolute atomic E-state index is 1.18. The average molecular weight is 126 g/mol. The first-order valence-electron chi connectivity index (χ1n) is 2.82. The summed E-state index contributed by atoms with van der Waals surface area (Å²) in [5.74, 6) is 2.46. The Bertz CT molecular complexity index is 114. The van der Waals surface area contributed by atoms with E-state index in [2.05, 4.69) is 12.7 Å². The third-order valence-electron chi connectivity index (χ3n) is 1.26. The second-order valence-corrected chi connectivity index (χ2v) is 2.96. The van der Waals surface area contributed by atoms with E-state index >= 15 is 0 Å². The predicted octanol–water partition coefficient (Wildman–Crippen LogP) is 2.24. The zero-order valence-corrected chi connectivity index (χ0v) is 5.71. The Morgan fingerprint density at radius 1 is 1.75 bits per heavy atom. The molecule has 44 valence electrons. The van der Waals surface area contributed by atoms with E-state index < -0.39 is 0 Å². The maximum Gasteiger partial charge on any atom is 0.0119 e. The molecule has 0 bridgehead atoms. The Labute approximate surface area is 54.7 Å². The van der Waals surface area contributed by atoms with Crippen LogP contribution in [0.5, 0.6) is 0 Å². The maximum absolute atomic E-state index is 3.71. The highest BCUT2D eigenvalue weighted by atomic mass is 32.2. The standard InChI is InChI=1S/C7H10S/c1-2-7-3-5-8-6-4-7/h2-3H,1,4-6H2. The minimum atomic E-state index is 1.18. The van der Waals surface area contributed by atoms with Crippen LogP contribution in [0.2, 0.25) is 0 Å². The van der Waals surface area contributed by atoms with Gasteiger partial charge in [0.05, 0.1) is 0 Å². The summed E-state index contributed by atoms with van der Waals surface area (Å²) < 4.78 is 0. The van der Waals surface area contributed by atoms with E-state index in [-0.39, 0.29) is 0 Å². The fraction of sp³-hybridized carbons (Fsp3) is 0.429. The van der Waals surface area contributed by atoms with Crippen molar-refractivity contribution in [3.8, 4) is 0 Å². The van der Waals surface area contributed by atoms with Crippen LogP contribution in [0, 0.1) is 0 Å². The Balaban J connectivity index is 2.49. The molecule has 0 amide bonds. The van der Waals surface area contributed by atoms with Crippen LogP contribution in [0.15, 0.2) is 24.3 Å². The molecule has 0 atom stereocenters. The Morgan fingerprint density at radius 3 is 3.00 bits per heavy atom. The lowest BCUT2D eigenvalue weighted by molar-refractivity contribution is 1.14. The van der Waals surface area contributed by atoms with Crippen LogP contribution in [0.25, 0.3) is 0 Å². The topological polar surface area (TPSA) is 0 Å². The first-order valence-corrected chi connectivity index (χ1v) is 3.98. The van der Waals surface area contributed by atoms with Crippen LogP contribution in [0.4, 0.5) is 0 Å². The molecule has 0 spiro atoms. The first-order chi connectivity index (χ1) is 3.93. The lowest BCUT2D eigenvalue weighted by atomic mass is 10.2. The molecular weight excluding hydrogens is 116 g/mol. The summed E-state index contributed by atoms with van der Waals surface area (Å²) in [6, 6.07) is 0. The highest BCUT2D eigenvalue weighted by Gasteiger charge is 1.97. The van der Waals surface area contributed by atoms with Gasteiger partial charge in [0, 0.05) is 5.75 Å². The van der Waals surface area contributed by atoms with E-state index in [4.69, 9.17) is 0 Å². The summed E-state index contributed by atoms with van der Waals surface area (Å²) in [5, 5.41) is 0. The monoisotopic (exact) mass is 126 g/mol. The first kappa shape index (κ1) is 5.96. The fourth-order valence-corrected chi connectivity index (χ4v) is 1.61. The van der Waals surface area contributed by atoms with Gasteiger partial charge in [-0.15, -0.1) is 0 Å². The summed E-state index contributed by atoms with van der Waals surface area (Å²) in [7, 11) is 0. The van der Waals surface area contributed by atoms with E-state index in [9.17, 15) is 0 Å². The van der Waals surface area contributed by atoms with Gasteiger partial charge in [-0.2, -0.15) is 11.8 Å². The van der Waals surface area contributed by atoms with Crippen molar-refractivity contribution in [1.29, 1.82) is 0 Å². The van der Waals surface area contributed by atoms with Gasteiger partial charge in [0.1, 0.15) is 0 Å². The summed E-state index contributed by atoms with van der Waals surface area (Å²) in [6.07, 6.45) is 5.43. The van der Waals surface area contributed by atoms with Gasteiger partial charge in [-0.25, -0.2) is 0 Å². The predicted molar refractivity (Wildman–Crippen MR) is 40.2 cm³/mol. The molecule has 0 radical (unpaired) electrons. The molecule has 0 unspecified atom stereocenters. The Hall–Kier alpha value is -0.170. The minimum Gasteiger partial charge on any atom is -0.157 e. The molecule has 0 aliphatic carbocycles. The SMILES string of the molecule is C=CC1=CCSCC1. The van der Waals surface area contributed by atoms with Crippen molar-refractivity contribution in [2.24, 2.45) is 0 Å². The highest BCUT2D eigenvalue weighted by Crippen LogP contribution is 2.16. The lowest BCUT2D eigenvalue weighted by Crippen LogP contribution is -1.91. The summed E-state index contributed by atoms with van der Waals surface area (Å²) in [4.78, 5) is 0. The fourth-order valence-electron chi connectivity index (χ4n) is 0.727. The normalized spacial score (nSPS) is 19.8. The van der Waals surface area contributed by atoms with Gasteiger partial charge in [0.15, 0.2) is 0 Å². The Morgan fingerprint density at radius 2 is 2.62 bits per heavy atom. The Kier molecular flexibility index (Phi) is 2.22. The number of rotatable bonds is 1. The molecule has 0 aromatic heterocycles. The van der Waals surface area contributed by atoms with Gasteiger partial charge < -0.3 is 0 Å². The summed E-state index contributed by atoms with van der Waals surface area (Å²) in [6.45, 7) is 3.71. The van der Waals surface area contributed by atoms with Gasteiger partial charge >= 0.3 is 0 Å². The van der Waals surface area contributed by atoms with Gasteiger partial charge in [0.2, 0.25) is 0 Å². The number of hydrogen-bond acceptors (Lipinski definition) is 1. The molecule has 1 aliphatic heterocycles. The van der Waals surface area contributed by atoms with Crippen molar-refractivity contribution in [2.75, 3.05) is 11.5 Å².